The summed E-state index contributed by atoms with van der Waals surface area (Å²) >= 11 is 1.62. The number of aliphatic hydroxyl groups excluding tert-OH is 1. The number of aromatic nitrogens is 2. The molecule has 3 rings (SSSR count). The highest BCUT2D eigenvalue weighted by molar-refractivity contribution is 7.17. The fourth-order valence-electron chi connectivity index (χ4n) is 2.79. The molecule has 0 saturated heterocycles. The Hall–Kier alpha value is -2.06. The van der Waals surface area contributed by atoms with Crippen molar-refractivity contribution in [1.29, 1.82) is 0 Å². The molecule has 0 amide bonds. The van der Waals surface area contributed by atoms with E-state index >= 15 is 0 Å². The van der Waals surface area contributed by atoms with Crippen molar-refractivity contribution < 1.29 is 9.84 Å². The maximum Gasteiger partial charge on any atom is 0.158 e. The van der Waals surface area contributed by atoms with E-state index in [1.165, 1.54) is 0 Å². The minimum absolute atomic E-state index is 0.162. The Morgan fingerprint density at radius 2 is 2.00 bits per heavy atom. The van der Waals surface area contributed by atoms with E-state index < -0.39 is 0 Å². The monoisotopic (exact) mass is 372 g/mol. The maximum atomic E-state index is 9.03. The minimum atomic E-state index is 0.162. The molecule has 26 heavy (non-hydrogen) atoms. The van der Waals surface area contributed by atoms with Gasteiger partial charge in [-0.25, -0.2) is 9.97 Å². The molecule has 0 fully saturated rings. The lowest BCUT2D eigenvalue weighted by atomic mass is 10.1. The smallest absolute Gasteiger partial charge is 0.158 e. The van der Waals surface area contributed by atoms with Gasteiger partial charge in [-0.05, 0) is 12.6 Å². The number of likely N-dealkylation sites (N-methyl/N-ethyl adjacent to an activating group) is 1. The summed E-state index contributed by atoms with van der Waals surface area (Å²) in [5.41, 5.74) is 2.29. The zero-order valence-corrected chi connectivity index (χ0v) is 15.9. The standard InChI is InChI=1S/C19H24N4O2S/c1-23(10-11-24)9-8-20-18-17-15(14-6-4-3-5-7-14)13-26-19(17)22-16(21-18)12-25-2/h3-7,13,24H,8-12H2,1-2H3,(H,20,21,22). The number of fused-ring (bicyclic) bond motifs is 1. The summed E-state index contributed by atoms with van der Waals surface area (Å²) in [6, 6.07) is 10.3. The van der Waals surface area contributed by atoms with Gasteiger partial charge in [0.05, 0.1) is 12.0 Å². The van der Waals surface area contributed by atoms with Crippen LogP contribution < -0.4 is 5.32 Å². The van der Waals surface area contributed by atoms with Gasteiger partial charge in [-0.1, -0.05) is 30.3 Å². The zero-order chi connectivity index (χ0) is 18.4. The van der Waals surface area contributed by atoms with Crippen LogP contribution in [0.1, 0.15) is 5.82 Å². The van der Waals surface area contributed by atoms with E-state index in [-0.39, 0.29) is 6.61 Å². The van der Waals surface area contributed by atoms with Gasteiger partial charge in [0.2, 0.25) is 0 Å². The number of methoxy groups -OCH3 is 1. The molecule has 3 aromatic rings. The van der Waals surface area contributed by atoms with Crippen molar-refractivity contribution in [3.63, 3.8) is 0 Å². The number of rotatable bonds is 9. The first kappa shape index (κ1) is 18.7. The van der Waals surface area contributed by atoms with Crippen LogP contribution in [0, 0.1) is 0 Å². The van der Waals surface area contributed by atoms with Crippen LogP contribution in [0.5, 0.6) is 0 Å². The van der Waals surface area contributed by atoms with Gasteiger partial charge in [0.25, 0.3) is 0 Å². The molecule has 2 N–H and O–H groups in total. The van der Waals surface area contributed by atoms with Gasteiger partial charge in [0.15, 0.2) is 5.82 Å². The number of anilines is 1. The van der Waals surface area contributed by atoms with Gasteiger partial charge in [-0.2, -0.15) is 0 Å². The van der Waals surface area contributed by atoms with Crippen molar-refractivity contribution in [2.45, 2.75) is 6.61 Å². The molecule has 0 saturated carbocycles. The van der Waals surface area contributed by atoms with Gasteiger partial charge in [-0.3, -0.25) is 0 Å². The number of hydrogen-bond acceptors (Lipinski definition) is 7. The summed E-state index contributed by atoms with van der Waals surface area (Å²) in [6.45, 7) is 2.75. The highest BCUT2D eigenvalue weighted by atomic mass is 32.1. The Morgan fingerprint density at radius 1 is 1.19 bits per heavy atom. The summed E-state index contributed by atoms with van der Waals surface area (Å²) in [7, 11) is 3.64. The van der Waals surface area contributed by atoms with Crippen LogP contribution in [0.25, 0.3) is 21.3 Å². The second-order valence-electron chi connectivity index (χ2n) is 6.07. The fraction of sp³-hybridized carbons (Fsp3) is 0.368. The van der Waals surface area contributed by atoms with Crippen LogP contribution in [0.15, 0.2) is 35.7 Å². The van der Waals surface area contributed by atoms with Crippen LogP contribution in [0.2, 0.25) is 0 Å². The van der Waals surface area contributed by atoms with Crippen molar-refractivity contribution in [3.8, 4) is 11.1 Å². The molecule has 0 bridgehead atoms. The average molecular weight is 372 g/mol. The third-order valence-electron chi connectivity index (χ3n) is 4.11. The molecule has 0 unspecified atom stereocenters. The number of thiophene rings is 1. The molecule has 0 aliphatic rings. The summed E-state index contributed by atoms with van der Waals surface area (Å²) < 4.78 is 5.21. The largest absolute Gasteiger partial charge is 0.395 e. The van der Waals surface area contributed by atoms with Crippen molar-refractivity contribution >= 4 is 27.4 Å². The molecule has 0 aliphatic heterocycles. The second kappa shape index (κ2) is 9.05. The topological polar surface area (TPSA) is 70.5 Å². The molecule has 1 aromatic carbocycles. The third-order valence-corrected chi connectivity index (χ3v) is 4.98. The first-order valence-corrected chi connectivity index (χ1v) is 9.46. The number of aliphatic hydroxyl groups is 1. The molecule has 0 radical (unpaired) electrons. The van der Waals surface area contributed by atoms with E-state index in [2.05, 4.69) is 37.7 Å². The number of nitrogens with zero attached hydrogens (tertiary/aromatic N) is 3. The summed E-state index contributed by atoms with van der Waals surface area (Å²) in [6.07, 6.45) is 0. The van der Waals surface area contributed by atoms with Crippen molar-refractivity contribution in [2.75, 3.05) is 45.7 Å². The zero-order valence-electron chi connectivity index (χ0n) is 15.1. The lowest BCUT2D eigenvalue weighted by molar-refractivity contribution is 0.178. The lowest BCUT2D eigenvalue weighted by Crippen LogP contribution is -2.28. The van der Waals surface area contributed by atoms with E-state index in [0.717, 1.165) is 40.3 Å². The Bertz CT molecular complexity index is 838. The van der Waals surface area contributed by atoms with E-state index in [1.807, 2.05) is 25.2 Å². The van der Waals surface area contributed by atoms with Crippen LogP contribution in [-0.4, -0.2) is 60.4 Å². The molecular weight excluding hydrogens is 348 g/mol. The van der Waals surface area contributed by atoms with Crippen LogP contribution in [0.3, 0.4) is 0 Å². The SMILES string of the molecule is COCc1nc(NCCN(C)CCO)c2c(-c3ccccc3)csc2n1. The molecule has 2 aromatic heterocycles. The Kier molecular flexibility index (Phi) is 6.51. The number of ether oxygens (including phenoxy) is 1. The van der Waals surface area contributed by atoms with Gasteiger partial charge in [0.1, 0.15) is 17.3 Å². The normalized spacial score (nSPS) is 11.4. The van der Waals surface area contributed by atoms with Gasteiger partial charge >= 0.3 is 0 Å². The number of benzene rings is 1. The van der Waals surface area contributed by atoms with Crippen molar-refractivity contribution in [3.05, 3.63) is 41.5 Å². The van der Waals surface area contributed by atoms with Gasteiger partial charge < -0.3 is 20.1 Å². The first-order valence-electron chi connectivity index (χ1n) is 8.58. The third kappa shape index (κ3) is 4.37. The van der Waals surface area contributed by atoms with Crippen molar-refractivity contribution in [2.24, 2.45) is 0 Å². The minimum Gasteiger partial charge on any atom is -0.395 e. The molecule has 6 nitrogen and oxygen atoms in total. The molecule has 0 spiro atoms. The Labute approximate surface area is 157 Å². The van der Waals surface area contributed by atoms with Gasteiger partial charge in [0, 0.05) is 37.7 Å². The Balaban J connectivity index is 1.93. The Morgan fingerprint density at radius 3 is 2.73 bits per heavy atom. The lowest BCUT2D eigenvalue weighted by Gasteiger charge is -2.16. The van der Waals surface area contributed by atoms with Crippen LogP contribution >= 0.6 is 11.3 Å². The second-order valence-corrected chi connectivity index (χ2v) is 6.93. The highest BCUT2D eigenvalue weighted by Crippen LogP contribution is 2.36. The quantitative estimate of drug-likeness (QED) is 0.602. The highest BCUT2D eigenvalue weighted by Gasteiger charge is 2.15. The molecule has 138 valence electrons. The molecular formula is C19H24N4O2S. The maximum absolute atomic E-state index is 9.03. The molecule has 0 aliphatic carbocycles. The summed E-state index contributed by atoms with van der Waals surface area (Å²) in [5.74, 6) is 1.51. The van der Waals surface area contributed by atoms with E-state index in [0.29, 0.717) is 19.0 Å². The predicted molar refractivity (Wildman–Crippen MR) is 107 cm³/mol. The predicted octanol–water partition coefficient (Wildman–Crippen LogP) is 2.84. The van der Waals surface area contributed by atoms with Crippen molar-refractivity contribution in [1.82, 2.24) is 14.9 Å². The first-order chi connectivity index (χ1) is 12.7. The number of nitrogens with one attached hydrogen (secondary N) is 1. The summed E-state index contributed by atoms with van der Waals surface area (Å²) in [5, 5.41) is 15.7. The molecule has 2 heterocycles. The van der Waals surface area contributed by atoms with Crippen LogP contribution in [0.4, 0.5) is 5.82 Å². The molecule has 0 atom stereocenters. The molecule has 7 heteroatoms. The summed E-state index contributed by atoms with van der Waals surface area (Å²) in [4.78, 5) is 12.4. The van der Waals surface area contributed by atoms with E-state index in [4.69, 9.17) is 9.84 Å². The van der Waals surface area contributed by atoms with Crippen LogP contribution in [-0.2, 0) is 11.3 Å². The van der Waals surface area contributed by atoms with E-state index in [1.54, 1.807) is 18.4 Å². The fourth-order valence-corrected chi connectivity index (χ4v) is 3.75. The average Bonchev–Trinajstić information content (AvgIpc) is 3.07. The van der Waals surface area contributed by atoms with Gasteiger partial charge in [-0.15, -0.1) is 11.3 Å². The number of hydrogen-bond donors (Lipinski definition) is 2. The van der Waals surface area contributed by atoms with E-state index in [9.17, 15) is 0 Å².